The van der Waals surface area contributed by atoms with Gasteiger partial charge in [0.2, 0.25) is 10.0 Å². The summed E-state index contributed by atoms with van der Waals surface area (Å²) in [5.74, 6) is 0. The van der Waals surface area contributed by atoms with Crippen LogP contribution in [0.5, 0.6) is 0 Å². The second kappa shape index (κ2) is 5.61. The minimum Gasteiger partial charge on any atom is -0.391 e. The highest BCUT2D eigenvalue weighted by Crippen LogP contribution is 2.22. The Morgan fingerprint density at radius 3 is 2.53 bits per heavy atom. The molecule has 4 nitrogen and oxygen atoms in total. The van der Waals surface area contributed by atoms with Crippen molar-refractivity contribution < 1.29 is 13.5 Å². The quantitative estimate of drug-likeness (QED) is 0.890. The number of sulfonamides is 1. The van der Waals surface area contributed by atoms with Gasteiger partial charge in [-0.2, -0.15) is 0 Å². The number of nitrogens with one attached hydrogen (secondary N) is 1. The first kappa shape index (κ1) is 14.5. The molecule has 1 aliphatic rings. The van der Waals surface area contributed by atoms with Crippen LogP contribution in [-0.4, -0.2) is 25.7 Å². The molecular weight excluding hydrogens is 262 g/mol. The Morgan fingerprint density at radius 1 is 1.21 bits per heavy atom. The highest BCUT2D eigenvalue weighted by molar-refractivity contribution is 7.89. The molecule has 2 N–H and O–H groups in total. The highest BCUT2D eigenvalue weighted by Gasteiger charge is 2.28. The summed E-state index contributed by atoms with van der Waals surface area (Å²) in [5.41, 5.74) is 1.77. The van der Waals surface area contributed by atoms with Gasteiger partial charge >= 0.3 is 0 Å². The van der Waals surface area contributed by atoms with Crippen molar-refractivity contribution in [3.05, 3.63) is 29.3 Å². The Labute approximate surface area is 114 Å². The third-order valence-corrected chi connectivity index (χ3v) is 5.31. The molecule has 0 amide bonds. The lowest BCUT2D eigenvalue weighted by Gasteiger charge is -2.28. The van der Waals surface area contributed by atoms with Crippen molar-refractivity contribution in [3.8, 4) is 0 Å². The smallest absolute Gasteiger partial charge is 0.241 e. The average Bonchev–Trinajstić information content (AvgIpc) is 2.31. The fourth-order valence-electron chi connectivity index (χ4n) is 2.61. The monoisotopic (exact) mass is 283 g/mol. The van der Waals surface area contributed by atoms with Crippen LogP contribution in [-0.2, 0) is 10.0 Å². The summed E-state index contributed by atoms with van der Waals surface area (Å²) in [4.78, 5) is 0.302. The largest absolute Gasteiger partial charge is 0.391 e. The zero-order valence-corrected chi connectivity index (χ0v) is 12.2. The molecular formula is C14H21NO3S. The van der Waals surface area contributed by atoms with Crippen molar-refractivity contribution in [1.82, 2.24) is 4.72 Å². The summed E-state index contributed by atoms with van der Waals surface area (Å²) in [7, 11) is -3.55. The van der Waals surface area contributed by atoms with Crippen LogP contribution in [0.1, 0.15) is 36.8 Å². The van der Waals surface area contributed by atoms with E-state index in [1.165, 1.54) is 0 Å². The zero-order valence-electron chi connectivity index (χ0n) is 11.4. The Hall–Kier alpha value is -0.910. The fraction of sp³-hybridized carbons (Fsp3) is 0.571. The molecule has 0 saturated heterocycles. The summed E-state index contributed by atoms with van der Waals surface area (Å²) in [6.07, 6.45) is 2.71. The van der Waals surface area contributed by atoms with Gasteiger partial charge in [-0.1, -0.05) is 30.5 Å². The predicted octanol–water partition coefficient (Wildman–Crippen LogP) is 1.89. The first-order valence-corrected chi connectivity index (χ1v) is 8.16. The number of aryl methyl sites for hydroxylation is 2. The second-order valence-electron chi connectivity index (χ2n) is 5.35. The fourth-order valence-corrected chi connectivity index (χ4v) is 4.14. The van der Waals surface area contributed by atoms with E-state index in [1.54, 1.807) is 19.1 Å². The lowest BCUT2D eigenvalue weighted by Crippen LogP contribution is -2.45. The molecule has 1 aliphatic carbocycles. The number of hydrogen-bond donors (Lipinski definition) is 2. The third-order valence-electron chi connectivity index (χ3n) is 3.66. The van der Waals surface area contributed by atoms with Crippen molar-refractivity contribution in [3.63, 3.8) is 0 Å². The van der Waals surface area contributed by atoms with E-state index in [0.29, 0.717) is 17.7 Å². The van der Waals surface area contributed by atoms with E-state index in [2.05, 4.69) is 4.72 Å². The molecule has 5 heteroatoms. The van der Waals surface area contributed by atoms with E-state index >= 15 is 0 Å². The van der Waals surface area contributed by atoms with E-state index in [4.69, 9.17) is 0 Å². The maximum Gasteiger partial charge on any atom is 0.241 e. The molecule has 1 fully saturated rings. The predicted molar refractivity (Wildman–Crippen MR) is 74.5 cm³/mol. The molecule has 0 aromatic heterocycles. The molecule has 2 atom stereocenters. The zero-order chi connectivity index (χ0) is 14.0. The van der Waals surface area contributed by atoms with Crippen LogP contribution in [0.2, 0.25) is 0 Å². The van der Waals surface area contributed by atoms with Gasteiger partial charge in [-0.05, 0) is 38.3 Å². The summed E-state index contributed by atoms with van der Waals surface area (Å²) in [6, 6.07) is 4.91. The van der Waals surface area contributed by atoms with Crippen molar-refractivity contribution in [2.45, 2.75) is 56.6 Å². The first-order chi connectivity index (χ1) is 8.90. The van der Waals surface area contributed by atoms with Crippen LogP contribution in [0, 0.1) is 13.8 Å². The highest BCUT2D eigenvalue weighted by atomic mass is 32.2. The lowest BCUT2D eigenvalue weighted by molar-refractivity contribution is 0.101. The Bertz CT molecular complexity index is 554. The van der Waals surface area contributed by atoms with E-state index in [-0.39, 0.29) is 6.04 Å². The van der Waals surface area contributed by atoms with Gasteiger partial charge in [-0.25, -0.2) is 13.1 Å². The van der Waals surface area contributed by atoms with Gasteiger partial charge in [-0.15, -0.1) is 0 Å². The van der Waals surface area contributed by atoms with Crippen LogP contribution < -0.4 is 4.72 Å². The van der Waals surface area contributed by atoms with Gasteiger partial charge in [0.15, 0.2) is 0 Å². The van der Waals surface area contributed by atoms with Gasteiger partial charge in [0.05, 0.1) is 11.0 Å². The molecule has 0 unspecified atom stereocenters. The van der Waals surface area contributed by atoms with Gasteiger partial charge < -0.3 is 5.11 Å². The van der Waals surface area contributed by atoms with Crippen LogP contribution in [0.15, 0.2) is 23.1 Å². The van der Waals surface area contributed by atoms with E-state index in [1.807, 2.05) is 13.0 Å². The van der Waals surface area contributed by atoms with Crippen LogP contribution >= 0.6 is 0 Å². The van der Waals surface area contributed by atoms with Gasteiger partial charge in [0, 0.05) is 6.04 Å². The maximum atomic E-state index is 12.4. The summed E-state index contributed by atoms with van der Waals surface area (Å²) in [5, 5.41) is 9.87. The third kappa shape index (κ3) is 3.35. The normalized spacial score (nSPS) is 24.4. The molecule has 1 aromatic carbocycles. The topological polar surface area (TPSA) is 66.4 Å². The maximum absolute atomic E-state index is 12.4. The van der Waals surface area contributed by atoms with E-state index in [9.17, 15) is 13.5 Å². The van der Waals surface area contributed by atoms with E-state index < -0.39 is 16.1 Å². The molecule has 0 spiro atoms. The molecule has 19 heavy (non-hydrogen) atoms. The van der Waals surface area contributed by atoms with Crippen molar-refractivity contribution in [2.75, 3.05) is 0 Å². The van der Waals surface area contributed by atoms with Gasteiger partial charge in [0.25, 0.3) is 0 Å². The molecule has 1 saturated carbocycles. The van der Waals surface area contributed by atoms with Crippen LogP contribution in [0.4, 0.5) is 0 Å². The van der Waals surface area contributed by atoms with E-state index in [0.717, 1.165) is 24.0 Å². The number of benzene rings is 1. The number of hydrogen-bond acceptors (Lipinski definition) is 3. The molecule has 1 aromatic rings. The second-order valence-corrected chi connectivity index (χ2v) is 7.03. The van der Waals surface area contributed by atoms with Crippen molar-refractivity contribution in [1.29, 1.82) is 0 Å². The minimum absolute atomic E-state index is 0.302. The van der Waals surface area contributed by atoms with Crippen molar-refractivity contribution in [2.24, 2.45) is 0 Å². The summed E-state index contributed by atoms with van der Waals surface area (Å²) in [6.45, 7) is 3.72. The van der Waals surface area contributed by atoms with Crippen LogP contribution in [0.25, 0.3) is 0 Å². The molecule has 0 radical (unpaired) electrons. The molecule has 106 valence electrons. The molecule has 0 aliphatic heterocycles. The number of aliphatic hydroxyl groups excluding tert-OH is 1. The summed E-state index contributed by atoms with van der Waals surface area (Å²) >= 11 is 0. The molecule has 0 heterocycles. The van der Waals surface area contributed by atoms with Gasteiger partial charge in [-0.3, -0.25) is 0 Å². The minimum atomic E-state index is -3.55. The standard InChI is InChI=1S/C14H21NO3S/c1-10-7-8-14(11(2)9-10)19(17,18)15-12-5-3-4-6-13(12)16/h7-9,12-13,15-16H,3-6H2,1-2H3/t12-,13-/m0/s1. The molecule has 0 bridgehead atoms. The average molecular weight is 283 g/mol. The van der Waals surface area contributed by atoms with Crippen LogP contribution in [0.3, 0.4) is 0 Å². The lowest BCUT2D eigenvalue weighted by atomic mass is 9.93. The first-order valence-electron chi connectivity index (χ1n) is 6.68. The summed E-state index contributed by atoms with van der Waals surface area (Å²) < 4.78 is 27.4. The van der Waals surface area contributed by atoms with Gasteiger partial charge in [0.1, 0.15) is 0 Å². The van der Waals surface area contributed by atoms with Crippen molar-refractivity contribution >= 4 is 10.0 Å². The number of rotatable bonds is 3. The SMILES string of the molecule is Cc1ccc(S(=O)(=O)N[C@H]2CCCC[C@@H]2O)c(C)c1. The number of aliphatic hydroxyl groups is 1. The Morgan fingerprint density at radius 2 is 1.89 bits per heavy atom. The molecule has 2 rings (SSSR count). The Balaban J connectivity index is 2.22. The Kier molecular flexibility index (Phi) is 4.28.